The van der Waals surface area contributed by atoms with Crippen molar-refractivity contribution in [3.05, 3.63) is 30.2 Å². The summed E-state index contributed by atoms with van der Waals surface area (Å²) >= 11 is 0. The van der Waals surface area contributed by atoms with Gasteiger partial charge < -0.3 is 15.0 Å². The van der Waals surface area contributed by atoms with Crippen molar-refractivity contribution in [2.24, 2.45) is 0 Å². The number of benzene rings is 1. The fraction of sp³-hybridized carbons (Fsp3) is 0.435. The standard InChI is InChI=1S/C23H25F3N8O2/c1-13(35)32-8-6-18(23(2,26)12-32)27-22-28-21(36-3)20-19(15(25)11-34(20)30-22)14-4-5-16-17(10-14)33(9-7-24)31-29-16/h4-5,10-11,18H,6-9,12H2,1-3H3,(H,27,30)/t18-,23+/m1/s1. The first kappa shape index (κ1) is 23.8. The summed E-state index contributed by atoms with van der Waals surface area (Å²) in [5.74, 6) is -0.613. The van der Waals surface area contributed by atoms with Gasteiger partial charge in [0.05, 0.1) is 43.5 Å². The zero-order valence-corrected chi connectivity index (χ0v) is 20.0. The first-order valence-electron chi connectivity index (χ1n) is 11.4. The molecule has 13 heteroatoms. The van der Waals surface area contributed by atoms with Gasteiger partial charge in [-0.05, 0) is 31.0 Å². The van der Waals surface area contributed by atoms with Crippen LogP contribution in [0.15, 0.2) is 24.4 Å². The second kappa shape index (κ2) is 8.95. The highest BCUT2D eigenvalue weighted by Crippen LogP contribution is 2.36. The van der Waals surface area contributed by atoms with Crippen LogP contribution in [-0.4, -0.2) is 79.0 Å². The number of alkyl halides is 2. The van der Waals surface area contributed by atoms with Crippen molar-refractivity contribution >= 4 is 28.4 Å². The lowest BCUT2D eigenvalue weighted by molar-refractivity contribution is -0.132. The molecule has 1 aliphatic rings. The summed E-state index contributed by atoms with van der Waals surface area (Å²) in [6, 6.07) is 4.36. The number of halogens is 3. The van der Waals surface area contributed by atoms with E-state index in [0.29, 0.717) is 29.6 Å². The molecule has 0 radical (unpaired) electrons. The highest BCUT2D eigenvalue weighted by molar-refractivity contribution is 5.89. The fourth-order valence-corrected chi connectivity index (χ4v) is 4.66. The lowest BCUT2D eigenvalue weighted by atomic mass is 9.91. The van der Waals surface area contributed by atoms with E-state index in [1.165, 1.54) is 41.3 Å². The van der Waals surface area contributed by atoms with Gasteiger partial charge in [-0.25, -0.2) is 22.4 Å². The number of aryl methyl sites for hydroxylation is 1. The number of carbonyl (C=O) groups is 1. The van der Waals surface area contributed by atoms with Gasteiger partial charge in [-0.15, -0.1) is 10.2 Å². The van der Waals surface area contributed by atoms with E-state index < -0.39 is 24.2 Å². The second-order valence-electron chi connectivity index (χ2n) is 9.00. The van der Waals surface area contributed by atoms with E-state index in [1.54, 1.807) is 18.2 Å². The summed E-state index contributed by atoms with van der Waals surface area (Å²) in [5.41, 5.74) is 0.337. The predicted octanol–water partition coefficient (Wildman–Crippen LogP) is 3.02. The summed E-state index contributed by atoms with van der Waals surface area (Å²) < 4.78 is 51.7. The molecule has 5 rings (SSSR count). The van der Waals surface area contributed by atoms with Crippen LogP contribution >= 0.6 is 0 Å². The summed E-state index contributed by atoms with van der Waals surface area (Å²) in [4.78, 5) is 17.5. The van der Waals surface area contributed by atoms with E-state index in [0.717, 1.165) is 0 Å². The number of amides is 1. The van der Waals surface area contributed by atoms with Crippen LogP contribution in [0.5, 0.6) is 5.88 Å². The number of nitrogens with one attached hydrogen (secondary N) is 1. The van der Waals surface area contributed by atoms with Gasteiger partial charge >= 0.3 is 0 Å². The van der Waals surface area contributed by atoms with Crippen LogP contribution in [-0.2, 0) is 11.3 Å². The Balaban J connectivity index is 1.53. The molecule has 0 aliphatic carbocycles. The quantitative estimate of drug-likeness (QED) is 0.432. The average molecular weight is 503 g/mol. The molecule has 1 fully saturated rings. The number of hydrogen-bond donors (Lipinski definition) is 1. The van der Waals surface area contributed by atoms with Gasteiger partial charge in [0.15, 0.2) is 5.82 Å². The molecule has 10 nitrogen and oxygen atoms in total. The van der Waals surface area contributed by atoms with Crippen molar-refractivity contribution in [2.45, 2.75) is 38.5 Å². The Kier molecular flexibility index (Phi) is 5.92. The number of aromatic nitrogens is 6. The lowest BCUT2D eigenvalue weighted by Gasteiger charge is -2.41. The van der Waals surface area contributed by atoms with Gasteiger partial charge in [-0.2, -0.15) is 4.98 Å². The molecule has 0 unspecified atom stereocenters. The number of anilines is 1. The van der Waals surface area contributed by atoms with Gasteiger partial charge in [0.2, 0.25) is 17.7 Å². The molecule has 0 saturated carbocycles. The van der Waals surface area contributed by atoms with Crippen LogP contribution in [0.3, 0.4) is 0 Å². The van der Waals surface area contributed by atoms with Crippen molar-refractivity contribution in [1.29, 1.82) is 0 Å². The Labute approximate surface area is 204 Å². The van der Waals surface area contributed by atoms with Gasteiger partial charge in [-0.1, -0.05) is 11.3 Å². The minimum Gasteiger partial charge on any atom is -0.479 e. The molecule has 3 aromatic heterocycles. The predicted molar refractivity (Wildman–Crippen MR) is 126 cm³/mol. The highest BCUT2D eigenvalue weighted by Gasteiger charge is 2.41. The number of likely N-dealkylation sites (tertiary alicyclic amines) is 1. The molecule has 1 N–H and O–H groups in total. The Hall–Kier alpha value is -3.90. The summed E-state index contributed by atoms with van der Waals surface area (Å²) in [5, 5.41) is 15.3. The minimum atomic E-state index is -1.73. The van der Waals surface area contributed by atoms with Crippen molar-refractivity contribution in [3.63, 3.8) is 0 Å². The highest BCUT2D eigenvalue weighted by atomic mass is 19.1. The zero-order valence-electron chi connectivity index (χ0n) is 20.0. The number of methoxy groups -OCH3 is 1. The fourth-order valence-electron chi connectivity index (χ4n) is 4.66. The largest absolute Gasteiger partial charge is 0.479 e. The zero-order chi connectivity index (χ0) is 25.6. The molecule has 190 valence electrons. The van der Waals surface area contributed by atoms with E-state index >= 15 is 8.78 Å². The number of ether oxygens (including phenoxy) is 1. The molecular formula is C23H25F3N8O2. The Morgan fingerprint density at radius 2 is 2.17 bits per heavy atom. The smallest absolute Gasteiger partial charge is 0.244 e. The number of fused-ring (bicyclic) bond motifs is 2. The molecule has 4 aromatic rings. The Morgan fingerprint density at radius 1 is 1.36 bits per heavy atom. The van der Waals surface area contributed by atoms with Crippen LogP contribution in [0, 0.1) is 5.82 Å². The van der Waals surface area contributed by atoms with Gasteiger partial charge in [0.1, 0.15) is 23.4 Å². The van der Waals surface area contributed by atoms with Crippen molar-refractivity contribution < 1.29 is 22.7 Å². The average Bonchev–Trinajstić information content (AvgIpc) is 3.39. The minimum absolute atomic E-state index is 0.0270. The van der Waals surface area contributed by atoms with Gasteiger partial charge in [-0.3, -0.25) is 4.79 Å². The molecule has 1 aliphatic heterocycles. The molecule has 1 amide bonds. The number of nitrogens with zero attached hydrogens (tertiary/aromatic N) is 7. The van der Waals surface area contributed by atoms with Crippen LogP contribution in [0.4, 0.5) is 19.1 Å². The third-order valence-corrected chi connectivity index (χ3v) is 6.51. The van der Waals surface area contributed by atoms with Crippen LogP contribution in [0.1, 0.15) is 20.3 Å². The number of piperidine rings is 1. The Morgan fingerprint density at radius 3 is 2.86 bits per heavy atom. The molecule has 4 heterocycles. The molecule has 1 aromatic carbocycles. The van der Waals surface area contributed by atoms with Crippen LogP contribution < -0.4 is 10.1 Å². The van der Waals surface area contributed by atoms with E-state index in [9.17, 15) is 9.18 Å². The first-order chi connectivity index (χ1) is 17.2. The first-order valence-corrected chi connectivity index (χ1v) is 11.4. The molecule has 1 saturated heterocycles. The molecule has 0 bridgehead atoms. The molecule has 0 spiro atoms. The Bertz CT molecular complexity index is 1450. The van der Waals surface area contributed by atoms with Crippen LogP contribution in [0.25, 0.3) is 27.7 Å². The maximum Gasteiger partial charge on any atom is 0.244 e. The normalized spacial score (nSPS) is 20.3. The van der Waals surface area contributed by atoms with E-state index in [4.69, 9.17) is 4.74 Å². The number of hydrogen-bond acceptors (Lipinski definition) is 7. The number of rotatable bonds is 6. The van der Waals surface area contributed by atoms with E-state index in [2.05, 4.69) is 25.7 Å². The van der Waals surface area contributed by atoms with Crippen LogP contribution in [0.2, 0.25) is 0 Å². The third-order valence-electron chi connectivity index (χ3n) is 6.51. The maximum atomic E-state index is 15.4. The summed E-state index contributed by atoms with van der Waals surface area (Å²) in [7, 11) is 1.40. The number of carbonyl (C=O) groups excluding carboxylic acids is 1. The third kappa shape index (κ3) is 4.07. The van der Waals surface area contributed by atoms with Gasteiger partial charge in [0.25, 0.3) is 0 Å². The lowest BCUT2D eigenvalue weighted by Crippen LogP contribution is -2.56. The molecule has 2 atom stereocenters. The second-order valence-corrected chi connectivity index (χ2v) is 9.00. The van der Waals surface area contributed by atoms with Gasteiger partial charge in [0, 0.05) is 13.5 Å². The molecular weight excluding hydrogens is 477 g/mol. The summed E-state index contributed by atoms with van der Waals surface area (Å²) in [6.07, 6.45) is 1.54. The SMILES string of the molecule is COc1nc(N[C@@H]2CCN(C(C)=O)C[C@]2(C)F)nn2cc(F)c(-c3ccc4nnn(CCF)c4c3)c12. The van der Waals surface area contributed by atoms with E-state index in [-0.39, 0.29) is 41.9 Å². The van der Waals surface area contributed by atoms with Crippen molar-refractivity contribution in [3.8, 4) is 17.0 Å². The van der Waals surface area contributed by atoms with E-state index in [1.807, 2.05) is 0 Å². The maximum absolute atomic E-state index is 15.4. The topological polar surface area (TPSA) is 102 Å². The molecule has 36 heavy (non-hydrogen) atoms. The van der Waals surface area contributed by atoms with Crippen molar-refractivity contribution in [1.82, 2.24) is 34.5 Å². The monoisotopic (exact) mass is 502 g/mol. The summed E-state index contributed by atoms with van der Waals surface area (Å²) in [6.45, 7) is 2.58. The van der Waals surface area contributed by atoms with Crippen molar-refractivity contribution in [2.75, 3.05) is 32.2 Å².